The molecule has 0 fully saturated rings. The molecule has 0 radical (unpaired) electrons. The molecule has 0 aliphatic carbocycles. The number of benzene rings is 1. The van der Waals surface area contributed by atoms with Crippen molar-refractivity contribution in [1.29, 1.82) is 0 Å². The topological polar surface area (TPSA) is 43.8 Å². The van der Waals surface area contributed by atoms with Crippen LogP contribution < -0.4 is 5.73 Å². The average molecular weight is 324 g/mol. The second kappa shape index (κ2) is 5.25. The normalized spacial score (nSPS) is 14.0. The van der Waals surface area contributed by atoms with E-state index in [9.17, 15) is 0 Å². The third kappa shape index (κ3) is 3.00. The first-order valence-electron chi connectivity index (χ1n) is 6.73. The van der Waals surface area contributed by atoms with Gasteiger partial charge in [-0.25, -0.2) is 4.98 Å². The van der Waals surface area contributed by atoms with Gasteiger partial charge in [0.2, 0.25) is 0 Å². The number of nitrogens with zero attached hydrogens (tertiary/aromatic N) is 2. The lowest BCUT2D eigenvalue weighted by Gasteiger charge is -2.26. The highest BCUT2D eigenvalue weighted by atomic mass is 79.9. The van der Waals surface area contributed by atoms with Gasteiger partial charge in [-0.1, -0.05) is 36.7 Å². The molecule has 0 saturated heterocycles. The van der Waals surface area contributed by atoms with Gasteiger partial charge in [0.1, 0.15) is 5.82 Å². The van der Waals surface area contributed by atoms with E-state index >= 15 is 0 Å². The molecule has 1 aromatic heterocycles. The molecule has 0 aliphatic heterocycles. The van der Waals surface area contributed by atoms with Gasteiger partial charge in [-0.15, -0.1) is 0 Å². The molecule has 0 saturated carbocycles. The predicted octanol–water partition coefficient (Wildman–Crippen LogP) is 3.73. The molecule has 1 atom stereocenters. The SMILES string of the molecule is CCn1c(CC(N)C(C)(C)C)nc2cc(Br)ccc21. The van der Waals surface area contributed by atoms with Crippen LogP contribution in [-0.4, -0.2) is 15.6 Å². The zero-order chi connectivity index (χ0) is 14.2. The average Bonchev–Trinajstić information content (AvgIpc) is 2.63. The predicted molar refractivity (Wildman–Crippen MR) is 84.2 cm³/mol. The minimum absolute atomic E-state index is 0.0945. The van der Waals surface area contributed by atoms with Crippen LogP contribution in [0.2, 0.25) is 0 Å². The molecule has 2 aromatic rings. The van der Waals surface area contributed by atoms with Crippen LogP contribution in [0.3, 0.4) is 0 Å². The summed E-state index contributed by atoms with van der Waals surface area (Å²) in [6.07, 6.45) is 0.809. The summed E-state index contributed by atoms with van der Waals surface area (Å²) in [5, 5.41) is 0. The van der Waals surface area contributed by atoms with Gasteiger partial charge in [0.25, 0.3) is 0 Å². The molecule has 3 nitrogen and oxygen atoms in total. The summed E-state index contributed by atoms with van der Waals surface area (Å²) in [5.41, 5.74) is 8.61. The number of aromatic nitrogens is 2. The van der Waals surface area contributed by atoms with Crippen LogP contribution in [-0.2, 0) is 13.0 Å². The van der Waals surface area contributed by atoms with E-state index in [2.05, 4.69) is 66.4 Å². The Morgan fingerprint density at radius 1 is 1.37 bits per heavy atom. The number of rotatable bonds is 3. The summed E-state index contributed by atoms with van der Waals surface area (Å²) >= 11 is 3.50. The third-order valence-corrected chi connectivity index (χ3v) is 4.11. The second-order valence-corrected chi connectivity index (χ2v) is 7.00. The first-order chi connectivity index (χ1) is 8.82. The molecule has 0 amide bonds. The van der Waals surface area contributed by atoms with Crippen molar-refractivity contribution in [2.24, 2.45) is 11.1 Å². The molecule has 1 aromatic carbocycles. The smallest absolute Gasteiger partial charge is 0.111 e. The highest BCUT2D eigenvalue weighted by Crippen LogP contribution is 2.24. The number of hydrogen-bond acceptors (Lipinski definition) is 2. The Hall–Kier alpha value is -0.870. The Kier molecular flexibility index (Phi) is 4.02. The molecule has 2 N–H and O–H groups in total. The Labute approximate surface area is 123 Å². The molecule has 2 rings (SSSR count). The maximum Gasteiger partial charge on any atom is 0.111 e. The Balaban J connectivity index is 2.43. The number of nitrogens with two attached hydrogens (primary N) is 1. The summed E-state index contributed by atoms with van der Waals surface area (Å²) in [6.45, 7) is 9.59. The molecular weight excluding hydrogens is 302 g/mol. The van der Waals surface area contributed by atoms with Gasteiger partial charge >= 0.3 is 0 Å². The van der Waals surface area contributed by atoms with Gasteiger partial charge in [0, 0.05) is 23.5 Å². The van der Waals surface area contributed by atoms with Gasteiger partial charge in [-0.3, -0.25) is 0 Å². The molecule has 1 heterocycles. The summed E-state index contributed by atoms with van der Waals surface area (Å²) < 4.78 is 3.32. The molecule has 0 bridgehead atoms. The van der Waals surface area contributed by atoms with Crippen LogP contribution in [0.15, 0.2) is 22.7 Å². The minimum Gasteiger partial charge on any atom is -0.328 e. The Morgan fingerprint density at radius 2 is 2.05 bits per heavy atom. The van der Waals surface area contributed by atoms with E-state index in [4.69, 9.17) is 10.7 Å². The molecule has 0 aliphatic rings. The zero-order valence-corrected chi connectivity index (χ0v) is 13.7. The largest absolute Gasteiger partial charge is 0.328 e. The monoisotopic (exact) mass is 323 g/mol. The fourth-order valence-electron chi connectivity index (χ4n) is 2.16. The van der Waals surface area contributed by atoms with Crippen LogP contribution in [0.5, 0.6) is 0 Å². The summed E-state index contributed by atoms with van der Waals surface area (Å²) in [5.74, 6) is 1.08. The molecule has 104 valence electrons. The molecule has 4 heteroatoms. The summed E-state index contributed by atoms with van der Waals surface area (Å²) in [7, 11) is 0. The maximum absolute atomic E-state index is 6.30. The lowest BCUT2D eigenvalue weighted by atomic mass is 9.85. The van der Waals surface area contributed by atoms with Crippen molar-refractivity contribution in [3.63, 3.8) is 0 Å². The molecule has 0 spiro atoms. The van der Waals surface area contributed by atoms with Crippen LogP contribution in [0.25, 0.3) is 11.0 Å². The van der Waals surface area contributed by atoms with E-state index in [1.807, 2.05) is 0 Å². The number of aryl methyl sites for hydroxylation is 1. The van der Waals surface area contributed by atoms with Crippen molar-refractivity contribution in [2.75, 3.05) is 0 Å². The van der Waals surface area contributed by atoms with Crippen molar-refractivity contribution >= 4 is 27.0 Å². The van der Waals surface area contributed by atoms with E-state index in [0.29, 0.717) is 0 Å². The van der Waals surface area contributed by atoms with Gasteiger partial charge in [0.05, 0.1) is 11.0 Å². The maximum atomic E-state index is 6.30. The van der Waals surface area contributed by atoms with Gasteiger partial charge < -0.3 is 10.3 Å². The standard InChI is InChI=1S/C15H22BrN3/c1-5-19-12-7-6-10(16)8-11(12)18-14(19)9-13(17)15(2,3)4/h6-8,13H,5,9,17H2,1-4H3. The fourth-order valence-corrected chi connectivity index (χ4v) is 2.51. The lowest BCUT2D eigenvalue weighted by Crippen LogP contribution is -2.37. The Morgan fingerprint density at radius 3 is 2.63 bits per heavy atom. The minimum atomic E-state index is 0.0945. The van der Waals surface area contributed by atoms with Crippen LogP contribution in [0, 0.1) is 5.41 Å². The lowest BCUT2D eigenvalue weighted by molar-refractivity contribution is 0.313. The third-order valence-electron chi connectivity index (χ3n) is 3.62. The van der Waals surface area contributed by atoms with Crippen LogP contribution in [0.1, 0.15) is 33.5 Å². The van der Waals surface area contributed by atoms with Gasteiger partial charge in [0.15, 0.2) is 0 Å². The van der Waals surface area contributed by atoms with Crippen LogP contribution in [0.4, 0.5) is 0 Å². The first kappa shape index (κ1) is 14.5. The van der Waals surface area contributed by atoms with Crippen molar-refractivity contribution in [3.8, 4) is 0 Å². The van der Waals surface area contributed by atoms with Gasteiger partial charge in [-0.2, -0.15) is 0 Å². The van der Waals surface area contributed by atoms with Crippen molar-refractivity contribution < 1.29 is 0 Å². The number of fused-ring (bicyclic) bond motifs is 1. The summed E-state index contributed by atoms with van der Waals surface area (Å²) in [6, 6.07) is 6.34. The van der Waals surface area contributed by atoms with Crippen molar-refractivity contribution in [3.05, 3.63) is 28.5 Å². The van der Waals surface area contributed by atoms with Crippen molar-refractivity contribution in [2.45, 2.75) is 46.7 Å². The van der Waals surface area contributed by atoms with E-state index in [-0.39, 0.29) is 11.5 Å². The van der Waals surface area contributed by atoms with Crippen LogP contribution >= 0.6 is 15.9 Å². The second-order valence-electron chi connectivity index (χ2n) is 6.08. The molecule has 1 unspecified atom stereocenters. The van der Waals surface area contributed by atoms with E-state index in [1.54, 1.807) is 0 Å². The summed E-state index contributed by atoms with van der Waals surface area (Å²) in [4.78, 5) is 4.75. The Bertz CT molecular complexity index is 581. The quantitative estimate of drug-likeness (QED) is 0.935. The number of hydrogen-bond donors (Lipinski definition) is 1. The molecule has 19 heavy (non-hydrogen) atoms. The fraction of sp³-hybridized carbons (Fsp3) is 0.533. The number of halogens is 1. The number of imidazole rings is 1. The van der Waals surface area contributed by atoms with Gasteiger partial charge in [-0.05, 0) is 30.5 Å². The highest BCUT2D eigenvalue weighted by Gasteiger charge is 2.23. The van der Waals surface area contributed by atoms with Crippen molar-refractivity contribution in [1.82, 2.24) is 9.55 Å². The van der Waals surface area contributed by atoms with E-state index in [0.717, 1.165) is 28.8 Å². The highest BCUT2D eigenvalue weighted by molar-refractivity contribution is 9.10. The van der Waals surface area contributed by atoms with E-state index < -0.39 is 0 Å². The molecular formula is C15H22BrN3. The first-order valence-corrected chi connectivity index (χ1v) is 7.52. The zero-order valence-electron chi connectivity index (χ0n) is 12.1. The van der Waals surface area contributed by atoms with E-state index in [1.165, 1.54) is 5.52 Å².